The highest BCUT2D eigenvalue weighted by Crippen LogP contribution is 2.17. The van der Waals surface area contributed by atoms with Crippen molar-refractivity contribution < 1.29 is 8.78 Å². The second kappa shape index (κ2) is 4.95. The van der Waals surface area contributed by atoms with E-state index in [2.05, 4.69) is 5.32 Å². The summed E-state index contributed by atoms with van der Waals surface area (Å²) in [6.45, 7) is 0. The summed E-state index contributed by atoms with van der Waals surface area (Å²) in [5, 5.41) is 3.02. The lowest BCUT2D eigenvalue weighted by atomic mass is 10.0. The van der Waals surface area contributed by atoms with Crippen LogP contribution >= 0.6 is 0 Å². The van der Waals surface area contributed by atoms with Gasteiger partial charge in [-0.25, -0.2) is 8.78 Å². The molecule has 0 radical (unpaired) electrons. The second-order valence-electron chi connectivity index (χ2n) is 3.86. The molecule has 0 amide bonds. The lowest BCUT2D eigenvalue weighted by Crippen LogP contribution is -1.95. The lowest BCUT2D eigenvalue weighted by molar-refractivity contribution is 0.574. The van der Waals surface area contributed by atoms with Crippen LogP contribution < -0.4 is 5.32 Å². The maximum absolute atomic E-state index is 13.5. The van der Waals surface area contributed by atoms with Crippen molar-refractivity contribution in [2.75, 3.05) is 12.4 Å². The van der Waals surface area contributed by atoms with Crippen LogP contribution in [0.3, 0.4) is 0 Å². The van der Waals surface area contributed by atoms with Crippen molar-refractivity contribution in [2.45, 2.75) is 6.42 Å². The number of halogens is 2. The minimum Gasteiger partial charge on any atom is -0.388 e. The zero-order chi connectivity index (χ0) is 12.3. The minimum atomic E-state index is -0.546. The van der Waals surface area contributed by atoms with Gasteiger partial charge in [-0.2, -0.15) is 0 Å². The third kappa shape index (κ3) is 2.81. The second-order valence-corrected chi connectivity index (χ2v) is 3.86. The van der Waals surface area contributed by atoms with Crippen molar-refractivity contribution in [3.63, 3.8) is 0 Å². The maximum atomic E-state index is 13.5. The Morgan fingerprint density at radius 3 is 2.59 bits per heavy atom. The van der Waals surface area contributed by atoms with Gasteiger partial charge in [0.15, 0.2) is 0 Å². The molecule has 0 aliphatic heterocycles. The predicted octanol–water partition coefficient (Wildman–Crippen LogP) is 3.60. The van der Waals surface area contributed by atoms with Gasteiger partial charge in [0.25, 0.3) is 0 Å². The first-order chi connectivity index (χ1) is 8.19. The molecule has 2 rings (SSSR count). The van der Waals surface area contributed by atoms with Gasteiger partial charge >= 0.3 is 0 Å². The minimum absolute atomic E-state index is 0.460. The summed E-state index contributed by atoms with van der Waals surface area (Å²) in [7, 11) is 1.83. The molecule has 0 saturated carbocycles. The molecule has 2 aromatic carbocycles. The molecule has 0 fully saturated rings. The normalized spacial score (nSPS) is 10.3. The Labute approximate surface area is 99.1 Å². The molecule has 0 atom stereocenters. The van der Waals surface area contributed by atoms with E-state index < -0.39 is 11.6 Å². The van der Waals surface area contributed by atoms with E-state index in [-0.39, 0.29) is 0 Å². The van der Waals surface area contributed by atoms with E-state index in [1.165, 1.54) is 12.1 Å². The molecule has 0 saturated heterocycles. The highest BCUT2D eigenvalue weighted by atomic mass is 19.1. The standard InChI is InChI=1S/C14H13F2N/c1-17-13-4-2-3-10(8-13)7-11-5-6-12(15)9-14(11)16/h2-6,8-9,17H,7H2,1H3. The molecule has 0 bridgehead atoms. The molecule has 2 aromatic rings. The van der Waals surface area contributed by atoms with Crippen LogP contribution in [-0.4, -0.2) is 7.05 Å². The first-order valence-corrected chi connectivity index (χ1v) is 5.39. The molecule has 0 heterocycles. The first-order valence-electron chi connectivity index (χ1n) is 5.39. The molecule has 0 unspecified atom stereocenters. The van der Waals surface area contributed by atoms with Gasteiger partial charge in [-0.15, -0.1) is 0 Å². The number of nitrogens with one attached hydrogen (secondary N) is 1. The Kier molecular flexibility index (Phi) is 3.38. The average molecular weight is 233 g/mol. The average Bonchev–Trinajstić information content (AvgIpc) is 2.33. The van der Waals surface area contributed by atoms with Crippen LogP contribution in [0.15, 0.2) is 42.5 Å². The largest absolute Gasteiger partial charge is 0.388 e. The molecule has 1 nitrogen and oxygen atoms in total. The van der Waals surface area contributed by atoms with Gasteiger partial charge in [0.05, 0.1) is 0 Å². The zero-order valence-corrected chi connectivity index (χ0v) is 9.50. The SMILES string of the molecule is CNc1cccc(Cc2ccc(F)cc2F)c1. The molecule has 17 heavy (non-hydrogen) atoms. The highest BCUT2D eigenvalue weighted by Gasteiger charge is 2.05. The Morgan fingerprint density at radius 1 is 1.06 bits per heavy atom. The van der Waals surface area contributed by atoms with E-state index in [1.807, 2.05) is 31.3 Å². The van der Waals surface area contributed by atoms with Crippen LogP contribution in [0.2, 0.25) is 0 Å². The van der Waals surface area contributed by atoms with Crippen LogP contribution in [0, 0.1) is 11.6 Å². The Balaban J connectivity index is 2.25. The molecule has 0 aromatic heterocycles. The smallest absolute Gasteiger partial charge is 0.129 e. The summed E-state index contributed by atoms with van der Waals surface area (Å²) >= 11 is 0. The van der Waals surface area contributed by atoms with E-state index >= 15 is 0 Å². The fourth-order valence-electron chi connectivity index (χ4n) is 1.72. The maximum Gasteiger partial charge on any atom is 0.129 e. The van der Waals surface area contributed by atoms with E-state index in [0.29, 0.717) is 12.0 Å². The highest BCUT2D eigenvalue weighted by molar-refractivity contribution is 5.46. The van der Waals surface area contributed by atoms with Gasteiger partial charge in [-0.1, -0.05) is 18.2 Å². The molecule has 0 aliphatic carbocycles. The molecule has 0 spiro atoms. The number of rotatable bonds is 3. The number of hydrogen-bond acceptors (Lipinski definition) is 1. The van der Waals surface area contributed by atoms with Crippen LogP contribution in [0.4, 0.5) is 14.5 Å². The molecule has 1 N–H and O–H groups in total. The summed E-state index contributed by atoms with van der Waals surface area (Å²) in [6.07, 6.45) is 0.460. The van der Waals surface area contributed by atoms with Crippen LogP contribution in [0.5, 0.6) is 0 Å². The van der Waals surface area contributed by atoms with Gasteiger partial charge in [0.1, 0.15) is 11.6 Å². The first kappa shape index (κ1) is 11.6. The Hall–Kier alpha value is -1.90. The number of benzene rings is 2. The monoisotopic (exact) mass is 233 g/mol. The molecular formula is C14H13F2N. The number of anilines is 1. The van der Waals surface area contributed by atoms with Crippen molar-refractivity contribution in [3.05, 3.63) is 65.2 Å². The van der Waals surface area contributed by atoms with Gasteiger partial charge < -0.3 is 5.32 Å². The summed E-state index contributed by atoms with van der Waals surface area (Å²) in [5.74, 6) is -1.05. The van der Waals surface area contributed by atoms with Crippen molar-refractivity contribution in [3.8, 4) is 0 Å². The third-order valence-electron chi connectivity index (χ3n) is 2.63. The lowest BCUT2D eigenvalue weighted by Gasteiger charge is -2.06. The van der Waals surface area contributed by atoms with Crippen molar-refractivity contribution in [2.24, 2.45) is 0 Å². The van der Waals surface area contributed by atoms with Crippen molar-refractivity contribution in [1.29, 1.82) is 0 Å². The van der Waals surface area contributed by atoms with E-state index in [1.54, 1.807) is 0 Å². The Morgan fingerprint density at radius 2 is 1.88 bits per heavy atom. The quantitative estimate of drug-likeness (QED) is 0.854. The zero-order valence-electron chi connectivity index (χ0n) is 9.50. The van der Waals surface area contributed by atoms with Gasteiger partial charge in [-0.05, 0) is 29.3 Å². The summed E-state index contributed by atoms with van der Waals surface area (Å²) < 4.78 is 26.2. The van der Waals surface area contributed by atoms with Gasteiger partial charge in [0, 0.05) is 25.2 Å². The Bertz CT molecular complexity index is 523. The van der Waals surface area contributed by atoms with Gasteiger partial charge in [-0.3, -0.25) is 0 Å². The van der Waals surface area contributed by atoms with Gasteiger partial charge in [0.2, 0.25) is 0 Å². The van der Waals surface area contributed by atoms with Crippen molar-refractivity contribution in [1.82, 2.24) is 0 Å². The van der Waals surface area contributed by atoms with E-state index in [0.717, 1.165) is 17.3 Å². The topological polar surface area (TPSA) is 12.0 Å². The van der Waals surface area contributed by atoms with E-state index in [9.17, 15) is 8.78 Å². The van der Waals surface area contributed by atoms with Crippen molar-refractivity contribution >= 4 is 5.69 Å². The summed E-state index contributed by atoms with van der Waals surface area (Å²) in [6, 6.07) is 11.4. The number of hydrogen-bond donors (Lipinski definition) is 1. The summed E-state index contributed by atoms with van der Waals surface area (Å²) in [5.41, 5.74) is 2.46. The molecule has 0 aliphatic rings. The fraction of sp³-hybridized carbons (Fsp3) is 0.143. The predicted molar refractivity (Wildman–Crippen MR) is 65.2 cm³/mol. The van der Waals surface area contributed by atoms with E-state index in [4.69, 9.17) is 0 Å². The summed E-state index contributed by atoms with van der Waals surface area (Å²) in [4.78, 5) is 0. The molecule has 3 heteroatoms. The van der Waals surface area contributed by atoms with Crippen LogP contribution in [-0.2, 0) is 6.42 Å². The third-order valence-corrected chi connectivity index (χ3v) is 2.63. The molecule has 88 valence electrons. The molecular weight excluding hydrogens is 220 g/mol. The fourth-order valence-corrected chi connectivity index (χ4v) is 1.72. The van der Waals surface area contributed by atoms with Crippen LogP contribution in [0.1, 0.15) is 11.1 Å². The van der Waals surface area contributed by atoms with Crippen LogP contribution in [0.25, 0.3) is 0 Å².